The molecule has 2 amide bonds. The van der Waals surface area contributed by atoms with Crippen LogP contribution in [0.1, 0.15) is 24.6 Å². The van der Waals surface area contributed by atoms with Crippen LogP contribution in [0, 0.1) is 0 Å². The van der Waals surface area contributed by atoms with Gasteiger partial charge in [0.25, 0.3) is 0 Å². The first-order valence-electron chi connectivity index (χ1n) is 9.21. The van der Waals surface area contributed by atoms with Crippen molar-refractivity contribution < 1.29 is 4.79 Å². The van der Waals surface area contributed by atoms with E-state index in [1.807, 2.05) is 43.3 Å². The maximum atomic E-state index is 12.0. The lowest BCUT2D eigenvalue weighted by atomic mass is 10.0. The van der Waals surface area contributed by atoms with Gasteiger partial charge in [-0.05, 0) is 24.1 Å². The quantitative estimate of drug-likeness (QED) is 0.413. The fourth-order valence-corrected chi connectivity index (χ4v) is 3.04. The van der Waals surface area contributed by atoms with E-state index < -0.39 is 0 Å². The third-order valence-corrected chi connectivity index (χ3v) is 4.44. The Morgan fingerprint density at radius 1 is 1.07 bits per heavy atom. The van der Waals surface area contributed by atoms with E-state index in [-0.39, 0.29) is 6.03 Å². The van der Waals surface area contributed by atoms with E-state index in [4.69, 9.17) is 0 Å². The number of aromatic nitrogens is 5. The second-order valence-corrected chi connectivity index (χ2v) is 6.49. The molecule has 4 rings (SSSR count). The van der Waals surface area contributed by atoms with E-state index in [0.717, 1.165) is 39.8 Å². The largest absolute Gasteiger partial charge is 0.338 e. The van der Waals surface area contributed by atoms with Crippen molar-refractivity contribution in [3.8, 4) is 11.3 Å². The van der Waals surface area contributed by atoms with Crippen molar-refractivity contribution in [1.82, 2.24) is 30.9 Å². The number of nitrogens with zero attached hydrogens (tertiary/aromatic N) is 3. The molecule has 8 heteroatoms. The summed E-state index contributed by atoms with van der Waals surface area (Å²) in [6.45, 7) is 2.61. The molecule has 0 unspecified atom stereocenters. The summed E-state index contributed by atoms with van der Waals surface area (Å²) in [5, 5.41) is 24.9. The van der Waals surface area contributed by atoms with Crippen LogP contribution in [-0.2, 0) is 6.42 Å². The second kappa shape index (κ2) is 7.91. The van der Waals surface area contributed by atoms with E-state index >= 15 is 0 Å². The molecule has 2 aromatic heterocycles. The number of benzene rings is 2. The van der Waals surface area contributed by atoms with Crippen LogP contribution in [0.5, 0.6) is 0 Å². The number of amides is 2. The molecule has 4 aromatic rings. The van der Waals surface area contributed by atoms with Crippen molar-refractivity contribution in [2.45, 2.75) is 19.8 Å². The summed E-state index contributed by atoms with van der Waals surface area (Å²) in [5.41, 5.74) is 4.56. The van der Waals surface area contributed by atoms with Gasteiger partial charge in [-0.3, -0.25) is 10.4 Å². The Labute approximate surface area is 161 Å². The predicted octanol–water partition coefficient (Wildman–Crippen LogP) is 3.47. The maximum absolute atomic E-state index is 12.0. The number of urea groups is 1. The third kappa shape index (κ3) is 3.71. The third-order valence-electron chi connectivity index (χ3n) is 4.44. The van der Waals surface area contributed by atoms with Gasteiger partial charge in [-0.25, -0.2) is 4.79 Å². The first-order chi connectivity index (χ1) is 13.7. The normalized spacial score (nSPS) is 10.9. The van der Waals surface area contributed by atoms with Gasteiger partial charge >= 0.3 is 6.03 Å². The average Bonchev–Trinajstić information content (AvgIpc) is 3.34. The summed E-state index contributed by atoms with van der Waals surface area (Å²) < 4.78 is 0. The fourth-order valence-electron chi connectivity index (χ4n) is 3.04. The van der Waals surface area contributed by atoms with E-state index in [1.165, 1.54) is 0 Å². The topological polar surface area (TPSA) is 111 Å². The summed E-state index contributed by atoms with van der Waals surface area (Å²) in [4.78, 5) is 12.0. The molecule has 2 aromatic carbocycles. The minimum Gasteiger partial charge on any atom is -0.338 e. The Morgan fingerprint density at radius 2 is 1.93 bits per heavy atom. The Morgan fingerprint density at radius 3 is 2.75 bits per heavy atom. The maximum Gasteiger partial charge on any atom is 0.320 e. The zero-order chi connectivity index (χ0) is 19.3. The van der Waals surface area contributed by atoms with Crippen molar-refractivity contribution >= 4 is 22.8 Å². The van der Waals surface area contributed by atoms with Crippen molar-refractivity contribution in [2.75, 3.05) is 11.9 Å². The second-order valence-electron chi connectivity index (χ2n) is 6.49. The molecule has 0 atom stereocenters. The number of carbonyl (C=O) groups is 1. The van der Waals surface area contributed by atoms with Crippen molar-refractivity contribution in [2.24, 2.45) is 0 Å². The van der Waals surface area contributed by atoms with E-state index in [0.29, 0.717) is 18.8 Å². The number of rotatable bonds is 6. The van der Waals surface area contributed by atoms with Gasteiger partial charge in [0.2, 0.25) is 0 Å². The molecule has 28 heavy (non-hydrogen) atoms. The number of carbonyl (C=O) groups excluding carboxylic acids is 1. The minimum absolute atomic E-state index is 0.271. The predicted molar refractivity (Wildman–Crippen MR) is 108 cm³/mol. The van der Waals surface area contributed by atoms with Crippen LogP contribution < -0.4 is 10.6 Å². The zero-order valence-corrected chi connectivity index (χ0v) is 15.5. The highest BCUT2D eigenvalue weighted by molar-refractivity contribution is 6.00. The molecule has 0 aliphatic carbocycles. The number of aromatic amines is 2. The molecule has 0 fully saturated rings. The first-order valence-corrected chi connectivity index (χ1v) is 9.21. The monoisotopic (exact) mass is 375 g/mol. The van der Waals surface area contributed by atoms with Gasteiger partial charge in [0.05, 0.1) is 11.2 Å². The SMILES string of the molecule is CCCNC(=O)Nc1n[nH]c2ccc(-c3n[nH]nc3Cc3ccccc3)cc12. The van der Waals surface area contributed by atoms with Gasteiger partial charge in [-0.2, -0.15) is 20.5 Å². The number of hydrogen-bond donors (Lipinski definition) is 4. The lowest BCUT2D eigenvalue weighted by Gasteiger charge is -2.05. The van der Waals surface area contributed by atoms with Crippen molar-refractivity contribution in [3.63, 3.8) is 0 Å². The fraction of sp³-hybridized carbons (Fsp3) is 0.200. The van der Waals surface area contributed by atoms with Crippen LogP contribution >= 0.6 is 0 Å². The smallest absolute Gasteiger partial charge is 0.320 e. The molecule has 2 heterocycles. The van der Waals surface area contributed by atoms with Gasteiger partial charge in [0.15, 0.2) is 5.82 Å². The molecule has 0 spiro atoms. The highest BCUT2D eigenvalue weighted by Crippen LogP contribution is 2.28. The summed E-state index contributed by atoms with van der Waals surface area (Å²) >= 11 is 0. The lowest BCUT2D eigenvalue weighted by Crippen LogP contribution is -2.29. The lowest BCUT2D eigenvalue weighted by molar-refractivity contribution is 0.252. The molecule has 0 aliphatic rings. The molecule has 142 valence electrons. The summed E-state index contributed by atoms with van der Waals surface area (Å²) in [5.74, 6) is 0.485. The van der Waals surface area contributed by atoms with Crippen molar-refractivity contribution in [3.05, 3.63) is 59.8 Å². The highest BCUT2D eigenvalue weighted by Gasteiger charge is 2.14. The average molecular weight is 375 g/mol. The molecule has 4 N–H and O–H groups in total. The van der Waals surface area contributed by atoms with Crippen LogP contribution in [0.4, 0.5) is 10.6 Å². The Kier molecular flexibility index (Phi) is 5.01. The zero-order valence-electron chi connectivity index (χ0n) is 15.5. The van der Waals surface area contributed by atoms with E-state index in [1.54, 1.807) is 0 Å². The molecule has 0 saturated heterocycles. The molecular weight excluding hydrogens is 354 g/mol. The Bertz CT molecular complexity index is 1080. The number of H-pyrrole nitrogens is 2. The molecule has 0 aliphatic heterocycles. The number of anilines is 1. The Hall–Kier alpha value is -3.68. The molecule has 0 bridgehead atoms. The summed E-state index contributed by atoms with van der Waals surface area (Å²) in [6.07, 6.45) is 1.55. The molecular formula is C20H21N7O. The highest BCUT2D eigenvalue weighted by atomic mass is 16.2. The number of hydrogen-bond acceptors (Lipinski definition) is 4. The number of fused-ring (bicyclic) bond motifs is 1. The van der Waals surface area contributed by atoms with Crippen LogP contribution in [0.2, 0.25) is 0 Å². The van der Waals surface area contributed by atoms with Gasteiger partial charge < -0.3 is 5.32 Å². The van der Waals surface area contributed by atoms with Crippen LogP contribution in [-0.4, -0.2) is 38.2 Å². The van der Waals surface area contributed by atoms with Gasteiger partial charge in [-0.15, -0.1) is 0 Å². The summed E-state index contributed by atoms with van der Waals surface area (Å²) in [7, 11) is 0. The molecule has 0 saturated carbocycles. The van der Waals surface area contributed by atoms with Gasteiger partial charge in [-0.1, -0.05) is 43.3 Å². The van der Waals surface area contributed by atoms with Crippen molar-refractivity contribution in [1.29, 1.82) is 0 Å². The number of nitrogens with one attached hydrogen (secondary N) is 4. The standard InChI is InChI=1S/C20H21N7O/c1-2-10-21-20(28)22-19-15-12-14(8-9-16(15)23-26-19)18-17(24-27-25-18)11-13-6-4-3-5-7-13/h3-9,12H,2,10-11H2,1H3,(H,24,25,27)(H3,21,22,23,26,28). The van der Waals surface area contributed by atoms with Gasteiger partial charge in [0.1, 0.15) is 5.69 Å². The van der Waals surface area contributed by atoms with Crippen LogP contribution in [0.25, 0.3) is 22.2 Å². The van der Waals surface area contributed by atoms with Crippen LogP contribution in [0.3, 0.4) is 0 Å². The Balaban J connectivity index is 1.63. The van der Waals surface area contributed by atoms with E-state index in [2.05, 4.69) is 48.4 Å². The molecule has 8 nitrogen and oxygen atoms in total. The minimum atomic E-state index is -0.271. The van der Waals surface area contributed by atoms with E-state index in [9.17, 15) is 4.79 Å². The molecule has 0 radical (unpaired) electrons. The van der Waals surface area contributed by atoms with Gasteiger partial charge in [0, 0.05) is 23.9 Å². The summed E-state index contributed by atoms with van der Waals surface area (Å²) in [6, 6.07) is 15.7. The van der Waals surface area contributed by atoms with Crippen LogP contribution in [0.15, 0.2) is 48.5 Å². The first kappa shape index (κ1) is 17.7.